The van der Waals surface area contributed by atoms with Crippen molar-refractivity contribution < 1.29 is 48.9 Å². The number of aliphatic carboxylic acids is 1. The van der Waals surface area contributed by atoms with E-state index in [0.717, 1.165) is 24.2 Å². The number of nitrogens with one attached hydrogen (secondary N) is 5. The molecule has 1 heterocycles. The molecule has 0 spiro atoms. The number of carboxylic acids is 1. The number of hydrogen-bond donors (Lipinski definition) is 8. The molecule has 6 atom stereocenters. The van der Waals surface area contributed by atoms with E-state index in [1.165, 1.54) is 51.9 Å². The fourth-order valence-electron chi connectivity index (χ4n) is 6.53. The standard InChI is InChI=1S/C39H70N6O10/c1-7-8-9-10-11-12-13-14-15-16-17-20-31(48)43-33(26(4)5)37(52)42-29(24-46)35(50)40-23-32(49)41-28(22-25(2)3)36(51)44-34(27(6)47)38(53)45-21-18-19-30(45)39(54)55/h25-30,33-34,46-47H,7-24H2,1-6H3,(H,40,50)(H,41,49)(H,42,52)(H,43,48)(H,44,51)(H,54,55)/t27-,28+,29+,30+,33+,34+/m1/s1. The number of unbranched alkanes of at least 4 members (excludes halogenated alkanes) is 10. The Labute approximate surface area is 327 Å². The van der Waals surface area contributed by atoms with Gasteiger partial charge in [0.15, 0.2) is 0 Å². The van der Waals surface area contributed by atoms with Gasteiger partial charge in [-0.3, -0.25) is 28.8 Å². The summed E-state index contributed by atoms with van der Waals surface area (Å²) in [4.78, 5) is 90.8. The topological polar surface area (TPSA) is 244 Å². The lowest BCUT2D eigenvalue weighted by Gasteiger charge is -2.30. The second kappa shape index (κ2) is 26.9. The highest BCUT2D eigenvalue weighted by Crippen LogP contribution is 2.20. The van der Waals surface area contributed by atoms with Gasteiger partial charge in [0.25, 0.3) is 0 Å². The first-order valence-corrected chi connectivity index (χ1v) is 20.3. The SMILES string of the molecule is CCCCCCCCCCCCCC(=O)N[C@H](C(=O)N[C@@H](CO)C(=O)NCC(=O)N[C@@H](CC(C)C)C(=O)N[C@H](C(=O)N1CCC[C@H]1C(=O)O)[C@@H](C)O)C(C)C. The van der Waals surface area contributed by atoms with Crippen molar-refractivity contribution in [2.45, 2.75) is 174 Å². The molecule has 16 nitrogen and oxygen atoms in total. The quantitative estimate of drug-likeness (QED) is 0.0536. The first-order chi connectivity index (χ1) is 26.0. The highest BCUT2D eigenvalue weighted by Gasteiger charge is 2.40. The minimum Gasteiger partial charge on any atom is -0.480 e. The molecule has 0 aliphatic carbocycles. The van der Waals surface area contributed by atoms with E-state index in [-0.39, 0.29) is 43.6 Å². The summed E-state index contributed by atoms with van der Waals surface area (Å²) in [6.45, 7) is 9.32. The maximum Gasteiger partial charge on any atom is 0.326 e. The average Bonchev–Trinajstić information content (AvgIpc) is 3.62. The first-order valence-electron chi connectivity index (χ1n) is 20.3. The van der Waals surface area contributed by atoms with E-state index in [0.29, 0.717) is 12.8 Å². The van der Waals surface area contributed by atoms with E-state index in [1.54, 1.807) is 27.7 Å². The van der Waals surface area contributed by atoms with E-state index in [2.05, 4.69) is 33.5 Å². The molecule has 0 saturated carbocycles. The van der Waals surface area contributed by atoms with Crippen molar-refractivity contribution >= 4 is 41.4 Å². The predicted molar refractivity (Wildman–Crippen MR) is 207 cm³/mol. The zero-order valence-electron chi connectivity index (χ0n) is 34.0. The van der Waals surface area contributed by atoms with Gasteiger partial charge in [0, 0.05) is 13.0 Å². The van der Waals surface area contributed by atoms with Crippen LogP contribution >= 0.6 is 0 Å². The fourth-order valence-corrected chi connectivity index (χ4v) is 6.53. The molecule has 1 saturated heterocycles. The normalized spacial score (nSPS) is 16.8. The molecule has 0 bridgehead atoms. The monoisotopic (exact) mass is 783 g/mol. The second-order valence-corrected chi connectivity index (χ2v) is 15.5. The Bertz CT molecular complexity index is 1230. The molecule has 1 aliphatic rings. The van der Waals surface area contributed by atoms with Crippen molar-refractivity contribution in [2.75, 3.05) is 19.7 Å². The average molecular weight is 783 g/mol. The van der Waals surface area contributed by atoms with Crippen molar-refractivity contribution in [3.63, 3.8) is 0 Å². The van der Waals surface area contributed by atoms with Crippen LogP contribution in [0.5, 0.6) is 0 Å². The number of carboxylic acid groups (broad SMARTS) is 1. The van der Waals surface area contributed by atoms with Gasteiger partial charge in [0.05, 0.1) is 19.3 Å². The highest BCUT2D eigenvalue weighted by atomic mass is 16.4. The van der Waals surface area contributed by atoms with Gasteiger partial charge >= 0.3 is 5.97 Å². The Morgan fingerprint density at radius 2 is 1.27 bits per heavy atom. The summed E-state index contributed by atoms with van der Waals surface area (Å²) >= 11 is 0. The lowest BCUT2D eigenvalue weighted by molar-refractivity contribution is -0.150. The Morgan fingerprint density at radius 3 is 1.78 bits per heavy atom. The molecule has 8 N–H and O–H groups in total. The summed E-state index contributed by atoms with van der Waals surface area (Å²) in [5.74, 6) is -5.76. The summed E-state index contributed by atoms with van der Waals surface area (Å²) in [5.41, 5.74) is 0. The van der Waals surface area contributed by atoms with E-state index in [1.807, 2.05) is 0 Å². The van der Waals surface area contributed by atoms with E-state index in [4.69, 9.17) is 0 Å². The zero-order chi connectivity index (χ0) is 41.5. The van der Waals surface area contributed by atoms with Gasteiger partial charge in [-0.05, 0) is 44.4 Å². The number of nitrogens with zero attached hydrogens (tertiary/aromatic N) is 1. The van der Waals surface area contributed by atoms with E-state index >= 15 is 0 Å². The van der Waals surface area contributed by atoms with Crippen molar-refractivity contribution in [3.8, 4) is 0 Å². The molecule has 55 heavy (non-hydrogen) atoms. The molecule has 1 rings (SSSR count). The molecule has 316 valence electrons. The molecule has 16 heteroatoms. The van der Waals surface area contributed by atoms with Gasteiger partial charge in [0.2, 0.25) is 35.4 Å². The van der Waals surface area contributed by atoms with Crippen LogP contribution in [0.15, 0.2) is 0 Å². The van der Waals surface area contributed by atoms with Crippen LogP contribution in [-0.2, 0) is 33.6 Å². The summed E-state index contributed by atoms with van der Waals surface area (Å²) in [6.07, 6.45) is 12.4. The smallest absolute Gasteiger partial charge is 0.326 e. The Hall–Kier alpha value is -3.79. The lowest BCUT2D eigenvalue weighted by atomic mass is 10.0. The number of rotatable bonds is 28. The van der Waals surface area contributed by atoms with Gasteiger partial charge in [0.1, 0.15) is 30.2 Å². The van der Waals surface area contributed by atoms with Gasteiger partial charge in [-0.25, -0.2) is 4.79 Å². The first kappa shape index (κ1) is 49.2. The van der Waals surface area contributed by atoms with Crippen LogP contribution in [0.4, 0.5) is 0 Å². The Morgan fingerprint density at radius 1 is 0.691 bits per heavy atom. The second-order valence-electron chi connectivity index (χ2n) is 15.5. The van der Waals surface area contributed by atoms with Crippen LogP contribution in [0.2, 0.25) is 0 Å². The van der Waals surface area contributed by atoms with Crippen LogP contribution in [0, 0.1) is 11.8 Å². The highest BCUT2D eigenvalue weighted by molar-refractivity contribution is 5.96. The van der Waals surface area contributed by atoms with Crippen LogP contribution < -0.4 is 26.6 Å². The van der Waals surface area contributed by atoms with Crippen molar-refractivity contribution in [2.24, 2.45) is 11.8 Å². The molecule has 0 unspecified atom stereocenters. The molecular weight excluding hydrogens is 712 g/mol. The summed E-state index contributed by atoms with van der Waals surface area (Å²) < 4.78 is 0. The number of aliphatic hydroxyl groups is 2. The van der Waals surface area contributed by atoms with Gasteiger partial charge in [-0.15, -0.1) is 0 Å². The molecule has 1 aliphatic heterocycles. The maximum atomic E-state index is 13.3. The summed E-state index contributed by atoms with van der Waals surface area (Å²) in [5, 5.41) is 42.2. The number of carbonyl (C=O) groups excluding carboxylic acids is 6. The molecule has 6 amide bonds. The van der Waals surface area contributed by atoms with Gasteiger partial charge in [-0.2, -0.15) is 0 Å². The minimum absolute atomic E-state index is 0.107. The number of likely N-dealkylation sites (tertiary alicyclic amines) is 1. The molecule has 0 radical (unpaired) electrons. The molecule has 0 aromatic rings. The van der Waals surface area contributed by atoms with Crippen LogP contribution in [0.1, 0.15) is 138 Å². The molecule has 0 aromatic carbocycles. The largest absolute Gasteiger partial charge is 0.480 e. The molecule has 1 fully saturated rings. The van der Waals surface area contributed by atoms with Gasteiger partial charge < -0.3 is 46.8 Å². The number of amides is 6. The zero-order valence-corrected chi connectivity index (χ0v) is 34.0. The Kier molecular flexibility index (Phi) is 24.1. The summed E-state index contributed by atoms with van der Waals surface area (Å²) in [6, 6.07) is -6.11. The predicted octanol–water partition coefficient (Wildman–Crippen LogP) is 1.89. The number of carbonyl (C=O) groups is 7. The van der Waals surface area contributed by atoms with Crippen LogP contribution in [0.3, 0.4) is 0 Å². The van der Waals surface area contributed by atoms with E-state index in [9.17, 15) is 48.9 Å². The van der Waals surface area contributed by atoms with Crippen LogP contribution in [-0.4, -0.2) is 118 Å². The maximum absolute atomic E-state index is 13.3. The van der Waals surface area contributed by atoms with Crippen LogP contribution in [0.25, 0.3) is 0 Å². The van der Waals surface area contributed by atoms with Crippen molar-refractivity contribution in [3.05, 3.63) is 0 Å². The van der Waals surface area contributed by atoms with E-state index < -0.39 is 85.0 Å². The van der Waals surface area contributed by atoms with Crippen molar-refractivity contribution in [1.82, 2.24) is 31.5 Å². The minimum atomic E-state index is -1.46. The van der Waals surface area contributed by atoms with Crippen molar-refractivity contribution in [1.29, 1.82) is 0 Å². The van der Waals surface area contributed by atoms with Gasteiger partial charge in [-0.1, -0.05) is 98.8 Å². The Balaban J connectivity index is 2.67. The lowest BCUT2D eigenvalue weighted by Crippen LogP contribution is -2.60. The number of aliphatic hydroxyl groups excluding tert-OH is 2. The molecule has 0 aromatic heterocycles. The molecular formula is C39H70N6O10. The summed E-state index contributed by atoms with van der Waals surface area (Å²) in [7, 11) is 0. The third kappa shape index (κ3) is 19.1. The fraction of sp³-hybridized carbons (Fsp3) is 0.821. The third-order valence-electron chi connectivity index (χ3n) is 9.74. The number of hydrogen-bond acceptors (Lipinski definition) is 9. The third-order valence-corrected chi connectivity index (χ3v) is 9.74.